The molecule has 0 heterocycles. The maximum absolute atomic E-state index is 11.5. The fourth-order valence-corrected chi connectivity index (χ4v) is 3.32. The zero-order valence-corrected chi connectivity index (χ0v) is 14.2. The van der Waals surface area contributed by atoms with Crippen LogP contribution in [0.25, 0.3) is 0 Å². The highest BCUT2D eigenvalue weighted by Crippen LogP contribution is 2.37. The van der Waals surface area contributed by atoms with Crippen LogP contribution in [-0.4, -0.2) is 30.9 Å². The molecule has 1 saturated carbocycles. The molecule has 4 nitrogen and oxygen atoms in total. The number of carbonyl (C=O) groups excluding carboxylic acids is 1. The van der Waals surface area contributed by atoms with Crippen molar-refractivity contribution in [2.45, 2.75) is 63.9 Å². The lowest BCUT2D eigenvalue weighted by Gasteiger charge is -2.24. The number of esters is 1. The Hall–Kier alpha value is -1.55. The lowest BCUT2D eigenvalue weighted by atomic mass is 9.83. The number of carbonyl (C=O) groups is 1. The number of hydrogen-bond acceptors (Lipinski definition) is 4. The summed E-state index contributed by atoms with van der Waals surface area (Å²) in [5.74, 6) is 0.983. The SMILES string of the molecule is CCOC(=O)C(O)CCc1ccc(C2CCCCC2)c(OC)c1. The van der Waals surface area contributed by atoms with Crippen LogP contribution in [0.2, 0.25) is 0 Å². The van der Waals surface area contributed by atoms with E-state index in [4.69, 9.17) is 9.47 Å². The van der Waals surface area contributed by atoms with Crippen molar-refractivity contribution >= 4 is 5.97 Å². The molecular formula is C19H28O4. The second-order valence-corrected chi connectivity index (χ2v) is 6.22. The molecule has 2 rings (SSSR count). The number of aryl methyl sites for hydroxylation is 1. The molecule has 0 amide bonds. The first kappa shape index (κ1) is 17.8. The van der Waals surface area contributed by atoms with Gasteiger partial charge >= 0.3 is 5.97 Å². The van der Waals surface area contributed by atoms with Crippen LogP contribution in [0.15, 0.2) is 18.2 Å². The Kier molecular flexibility index (Phi) is 6.90. The van der Waals surface area contributed by atoms with Crippen molar-refractivity contribution in [2.24, 2.45) is 0 Å². The molecule has 0 radical (unpaired) electrons. The van der Waals surface area contributed by atoms with Crippen molar-refractivity contribution < 1.29 is 19.4 Å². The van der Waals surface area contributed by atoms with Crippen LogP contribution in [0.5, 0.6) is 5.75 Å². The van der Waals surface area contributed by atoms with E-state index in [2.05, 4.69) is 12.1 Å². The van der Waals surface area contributed by atoms with Crippen LogP contribution in [0.4, 0.5) is 0 Å². The van der Waals surface area contributed by atoms with E-state index >= 15 is 0 Å². The average Bonchev–Trinajstić information content (AvgIpc) is 2.60. The summed E-state index contributed by atoms with van der Waals surface area (Å²) in [4.78, 5) is 11.5. The summed E-state index contributed by atoms with van der Waals surface area (Å²) in [6.45, 7) is 2.03. The summed E-state index contributed by atoms with van der Waals surface area (Å²) in [7, 11) is 1.71. The highest BCUT2D eigenvalue weighted by molar-refractivity contribution is 5.74. The van der Waals surface area contributed by atoms with Crippen molar-refractivity contribution in [3.63, 3.8) is 0 Å². The summed E-state index contributed by atoms with van der Waals surface area (Å²) < 4.78 is 10.4. The summed E-state index contributed by atoms with van der Waals surface area (Å²) >= 11 is 0. The van der Waals surface area contributed by atoms with Crippen molar-refractivity contribution in [3.8, 4) is 5.75 Å². The van der Waals surface area contributed by atoms with Gasteiger partial charge in [0.1, 0.15) is 5.75 Å². The maximum atomic E-state index is 11.5. The van der Waals surface area contributed by atoms with Crippen LogP contribution < -0.4 is 4.74 Å². The van der Waals surface area contributed by atoms with Crippen LogP contribution in [-0.2, 0) is 16.0 Å². The van der Waals surface area contributed by atoms with Gasteiger partial charge in [-0.15, -0.1) is 0 Å². The van der Waals surface area contributed by atoms with Gasteiger partial charge < -0.3 is 14.6 Å². The molecule has 1 aliphatic rings. The first-order valence-corrected chi connectivity index (χ1v) is 8.67. The van der Waals surface area contributed by atoms with Crippen LogP contribution in [0.3, 0.4) is 0 Å². The monoisotopic (exact) mass is 320 g/mol. The molecular weight excluding hydrogens is 292 g/mol. The second kappa shape index (κ2) is 8.92. The first-order valence-electron chi connectivity index (χ1n) is 8.67. The van der Waals surface area contributed by atoms with Gasteiger partial charge in [-0.1, -0.05) is 31.4 Å². The van der Waals surface area contributed by atoms with E-state index in [1.54, 1.807) is 14.0 Å². The largest absolute Gasteiger partial charge is 0.496 e. The summed E-state index contributed by atoms with van der Waals surface area (Å²) in [6.07, 6.45) is 6.32. The summed E-state index contributed by atoms with van der Waals surface area (Å²) in [5, 5.41) is 9.79. The van der Waals surface area contributed by atoms with E-state index in [0.717, 1.165) is 11.3 Å². The number of aliphatic hydroxyl groups is 1. The normalized spacial score (nSPS) is 16.8. The summed E-state index contributed by atoms with van der Waals surface area (Å²) in [5.41, 5.74) is 2.37. The predicted molar refractivity (Wildman–Crippen MR) is 89.8 cm³/mol. The third-order valence-corrected chi connectivity index (χ3v) is 4.61. The zero-order chi connectivity index (χ0) is 16.7. The lowest BCUT2D eigenvalue weighted by molar-refractivity contribution is -0.153. The molecule has 128 valence electrons. The third kappa shape index (κ3) is 4.96. The van der Waals surface area contributed by atoms with Crippen molar-refractivity contribution in [2.75, 3.05) is 13.7 Å². The van der Waals surface area contributed by atoms with Crippen LogP contribution in [0.1, 0.15) is 62.5 Å². The van der Waals surface area contributed by atoms with Gasteiger partial charge in [0.2, 0.25) is 0 Å². The minimum Gasteiger partial charge on any atom is -0.496 e. The van der Waals surface area contributed by atoms with Gasteiger partial charge in [0.25, 0.3) is 0 Å². The van der Waals surface area contributed by atoms with E-state index < -0.39 is 12.1 Å². The Morgan fingerprint density at radius 2 is 2.04 bits per heavy atom. The molecule has 1 fully saturated rings. The van der Waals surface area contributed by atoms with E-state index in [-0.39, 0.29) is 0 Å². The van der Waals surface area contributed by atoms with E-state index in [9.17, 15) is 9.90 Å². The molecule has 0 aromatic heterocycles. The molecule has 1 N–H and O–H groups in total. The standard InChI is InChI=1S/C19H28O4/c1-3-23-19(21)17(20)12-10-14-9-11-16(18(13-14)22-2)15-7-5-4-6-8-15/h9,11,13,15,17,20H,3-8,10,12H2,1-2H3. The molecule has 0 spiro atoms. The van der Waals surface area contributed by atoms with E-state index in [1.807, 2.05) is 6.07 Å². The van der Waals surface area contributed by atoms with Crippen LogP contribution in [0, 0.1) is 0 Å². The molecule has 4 heteroatoms. The molecule has 1 aromatic carbocycles. The molecule has 0 bridgehead atoms. The Morgan fingerprint density at radius 1 is 1.30 bits per heavy atom. The smallest absolute Gasteiger partial charge is 0.334 e. The fraction of sp³-hybridized carbons (Fsp3) is 0.632. The molecule has 1 unspecified atom stereocenters. The van der Waals surface area contributed by atoms with Gasteiger partial charge in [0.05, 0.1) is 13.7 Å². The van der Waals surface area contributed by atoms with Gasteiger partial charge in [0, 0.05) is 0 Å². The first-order chi connectivity index (χ1) is 11.2. The molecule has 23 heavy (non-hydrogen) atoms. The number of methoxy groups -OCH3 is 1. The van der Waals surface area contributed by atoms with E-state index in [0.29, 0.717) is 25.4 Å². The number of aliphatic hydroxyl groups excluding tert-OH is 1. The average molecular weight is 320 g/mol. The van der Waals surface area contributed by atoms with Crippen molar-refractivity contribution in [3.05, 3.63) is 29.3 Å². The Balaban J connectivity index is 1.99. The number of hydrogen-bond donors (Lipinski definition) is 1. The van der Waals surface area contributed by atoms with E-state index in [1.165, 1.54) is 37.7 Å². The minimum absolute atomic E-state index is 0.291. The third-order valence-electron chi connectivity index (χ3n) is 4.61. The highest BCUT2D eigenvalue weighted by Gasteiger charge is 2.20. The lowest BCUT2D eigenvalue weighted by Crippen LogP contribution is -2.23. The number of rotatable bonds is 7. The molecule has 1 aromatic rings. The molecule has 1 atom stereocenters. The Bertz CT molecular complexity index is 506. The van der Waals surface area contributed by atoms with Gasteiger partial charge in [-0.25, -0.2) is 4.79 Å². The molecule has 0 aliphatic heterocycles. The van der Waals surface area contributed by atoms with Gasteiger partial charge in [-0.3, -0.25) is 0 Å². The highest BCUT2D eigenvalue weighted by atomic mass is 16.5. The fourth-order valence-electron chi connectivity index (χ4n) is 3.32. The Morgan fingerprint density at radius 3 is 2.70 bits per heavy atom. The van der Waals surface area contributed by atoms with Gasteiger partial charge in [0.15, 0.2) is 6.10 Å². The van der Waals surface area contributed by atoms with Crippen molar-refractivity contribution in [1.29, 1.82) is 0 Å². The van der Waals surface area contributed by atoms with Gasteiger partial charge in [-0.05, 0) is 55.7 Å². The molecule has 0 saturated heterocycles. The predicted octanol–water partition coefficient (Wildman–Crippen LogP) is 3.60. The second-order valence-electron chi connectivity index (χ2n) is 6.22. The summed E-state index contributed by atoms with van der Waals surface area (Å²) in [6, 6.07) is 6.28. The van der Waals surface area contributed by atoms with Crippen molar-refractivity contribution in [1.82, 2.24) is 0 Å². The maximum Gasteiger partial charge on any atom is 0.334 e. The quantitative estimate of drug-likeness (QED) is 0.780. The van der Waals surface area contributed by atoms with Gasteiger partial charge in [-0.2, -0.15) is 0 Å². The van der Waals surface area contributed by atoms with Crippen LogP contribution >= 0.6 is 0 Å². The number of ether oxygens (including phenoxy) is 2. The molecule has 1 aliphatic carbocycles. The minimum atomic E-state index is -1.06. The number of benzene rings is 1. The topological polar surface area (TPSA) is 55.8 Å². The Labute approximate surface area is 138 Å². The zero-order valence-electron chi connectivity index (χ0n) is 14.2.